The number of Topliss-reactive ketones (excluding diaryl/α,β-unsaturated/α-hetero) is 1. The molecule has 2 N–H and O–H groups in total. The number of hydrogen-bond donors (Lipinski definition) is 1. The van der Waals surface area contributed by atoms with E-state index in [4.69, 9.17) is 5.73 Å². The van der Waals surface area contributed by atoms with Crippen LogP contribution < -0.4 is 5.73 Å². The van der Waals surface area contributed by atoms with Gasteiger partial charge in [0.05, 0.1) is 0 Å². The van der Waals surface area contributed by atoms with E-state index in [1.807, 2.05) is 11.8 Å². The van der Waals surface area contributed by atoms with Crippen molar-refractivity contribution in [2.24, 2.45) is 22.5 Å². The van der Waals surface area contributed by atoms with Crippen LogP contribution in [0.5, 0.6) is 0 Å². The summed E-state index contributed by atoms with van der Waals surface area (Å²) in [4.78, 5) is 12.4. The van der Waals surface area contributed by atoms with Crippen LogP contribution in [-0.4, -0.2) is 22.8 Å². The molecule has 3 heteroatoms. The second kappa shape index (κ2) is 4.24. The van der Waals surface area contributed by atoms with E-state index in [-0.39, 0.29) is 10.8 Å². The molecule has 3 rings (SSSR count). The van der Waals surface area contributed by atoms with Gasteiger partial charge in [-0.25, -0.2) is 0 Å². The molecule has 18 heavy (non-hydrogen) atoms. The smallest absolute Gasteiger partial charge is 0.140 e. The van der Waals surface area contributed by atoms with E-state index in [1.54, 1.807) is 0 Å². The van der Waals surface area contributed by atoms with E-state index in [0.717, 1.165) is 18.6 Å². The molecular weight excluding hydrogens is 242 g/mol. The second-order valence-corrected chi connectivity index (χ2v) is 8.34. The van der Waals surface area contributed by atoms with Crippen molar-refractivity contribution in [3.63, 3.8) is 0 Å². The second-order valence-electron chi connectivity index (χ2n) is 7.11. The summed E-state index contributed by atoms with van der Waals surface area (Å²) in [6, 6.07) is 0.364. The van der Waals surface area contributed by atoms with Gasteiger partial charge in [-0.1, -0.05) is 20.3 Å². The largest absolute Gasteiger partial charge is 0.327 e. The number of carbonyl (C=O) groups is 1. The van der Waals surface area contributed by atoms with E-state index in [0.29, 0.717) is 23.0 Å². The van der Waals surface area contributed by atoms with Crippen molar-refractivity contribution in [2.45, 2.75) is 63.7 Å². The molecule has 3 aliphatic rings. The first-order valence-electron chi connectivity index (χ1n) is 7.38. The Morgan fingerprint density at radius 1 is 1.33 bits per heavy atom. The maximum atomic E-state index is 12.4. The summed E-state index contributed by atoms with van der Waals surface area (Å²) in [5, 5.41) is 0.600. The van der Waals surface area contributed by atoms with Gasteiger partial charge >= 0.3 is 0 Å². The van der Waals surface area contributed by atoms with Gasteiger partial charge in [0.2, 0.25) is 0 Å². The molecule has 0 aliphatic heterocycles. The molecule has 0 aromatic heterocycles. The number of thioether (sulfide) groups is 1. The van der Waals surface area contributed by atoms with Crippen LogP contribution in [-0.2, 0) is 4.79 Å². The highest BCUT2D eigenvalue weighted by Gasteiger charge is 2.63. The summed E-state index contributed by atoms with van der Waals surface area (Å²) in [7, 11) is 0. The molecule has 3 aliphatic carbocycles. The Kier molecular flexibility index (Phi) is 3.06. The van der Waals surface area contributed by atoms with Crippen molar-refractivity contribution in [1.29, 1.82) is 0 Å². The van der Waals surface area contributed by atoms with Crippen LogP contribution in [0.3, 0.4) is 0 Å². The zero-order valence-electron chi connectivity index (χ0n) is 11.6. The number of rotatable bonds is 3. The minimum Gasteiger partial charge on any atom is -0.327 e. The van der Waals surface area contributed by atoms with Crippen LogP contribution >= 0.6 is 11.8 Å². The fraction of sp³-hybridized carbons (Fsp3) is 0.933. The Bertz CT molecular complexity index is 368. The number of fused-ring (bicyclic) bond motifs is 2. The molecule has 0 radical (unpaired) electrons. The lowest BCUT2D eigenvalue weighted by molar-refractivity contribution is -0.127. The third kappa shape index (κ3) is 1.62. The van der Waals surface area contributed by atoms with Gasteiger partial charge in [-0.2, -0.15) is 11.8 Å². The summed E-state index contributed by atoms with van der Waals surface area (Å²) in [5.41, 5.74) is 6.35. The van der Waals surface area contributed by atoms with Gasteiger partial charge < -0.3 is 5.73 Å². The fourth-order valence-electron chi connectivity index (χ4n) is 4.52. The molecule has 102 valence electrons. The number of hydrogen-bond acceptors (Lipinski definition) is 3. The van der Waals surface area contributed by atoms with Crippen molar-refractivity contribution < 1.29 is 4.79 Å². The first kappa shape index (κ1) is 13.0. The summed E-state index contributed by atoms with van der Waals surface area (Å²) in [6.07, 6.45) is 6.91. The van der Waals surface area contributed by atoms with Gasteiger partial charge in [0, 0.05) is 28.9 Å². The van der Waals surface area contributed by atoms with E-state index in [2.05, 4.69) is 13.8 Å². The van der Waals surface area contributed by atoms with Gasteiger partial charge in [-0.05, 0) is 37.0 Å². The molecule has 3 saturated carbocycles. The maximum Gasteiger partial charge on any atom is 0.140 e. The van der Waals surface area contributed by atoms with Crippen molar-refractivity contribution in [2.75, 3.05) is 5.75 Å². The van der Waals surface area contributed by atoms with E-state index in [1.165, 1.54) is 25.7 Å². The summed E-state index contributed by atoms with van der Waals surface area (Å²) in [6.45, 7) is 4.65. The highest BCUT2D eigenvalue weighted by atomic mass is 32.2. The predicted molar refractivity (Wildman–Crippen MR) is 76.6 cm³/mol. The highest BCUT2D eigenvalue weighted by Crippen LogP contribution is 2.65. The van der Waals surface area contributed by atoms with Crippen molar-refractivity contribution in [3.8, 4) is 0 Å². The summed E-state index contributed by atoms with van der Waals surface area (Å²) < 4.78 is 0. The molecule has 0 heterocycles. The Hall–Kier alpha value is -0.0200. The Morgan fingerprint density at radius 2 is 2.11 bits per heavy atom. The van der Waals surface area contributed by atoms with Crippen LogP contribution in [0.1, 0.15) is 52.4 Å². The lowest BCUT2D eigenvalue weighted by Crippen LogP contribution is -2.39. The van der Waals surface area contributed by atoms with E-state index < -0.39 is 0 Å². The monoisotopic (exact) mass is 267 g/mol. The van der Waals surface area contributed by atoms with Crippen LogP contribution in [0.15, 0.2) is 0 Å². The predicted octanol–water partition coefficient (Wildman–Crippen LogP) is 2.99. The normalized spacial score (nSPS) is 45.9. The van der Waals surface area contributed by atoms with E-state index >= 15 is 0 Å². The maximum absolute atomic E-state index is 12.4. The van der Waals surface area contributed by atoms with Crippen LogP contribution in [0.25, 0.3) is 0 Å². The Morgan fingerprint density at radius 3 is 2.61 bits per heavy atom. The summed E-state index contributed by atoms with van der Waals surface area (Å²) in [5.74, 6) is 2.21. The number of ketones is 1. The molecule has 2 nitrogen and oxygen atoms in total. The molecule has 4 atom stereocenters. The Labute approximate surface area is 114 Å². The van der Waals surface area contributed by atoms with Crippen LogP contribution in [0, 0.1) is 16.7 Å². The first-order valence-corrected chi connectivity index (χ1v) is 8.43. The van der Waals surface area contributed by atoms with Gasteiger partial charge in [0.15, 0.2) is 0 Å². The van der Waals surface area contributed by atoms with Crippen molar-refractivity contribution in [3.05, 3.63) is 0 Å². The van der Waals surface area contributed by atoms with Gasteiger partial charge in [0.1, 0.15) is 5.78 Å². The molecule has 3 fully saturated rings. The molecule has 0 saturated heterocycles. The van der Waals surface area contributed by atoms with Crippen molar-refractivity contribution in [1.82, 2.24) is 0 Å². The van der Waals surface area contributed by atoms with Crippen molar-refractivity contribution >= 4 is 17.5 Å². The zero-order valence-corrected chi connectivity index (χ0v) is 12.4. The molecule has 0 aromatic rings. The molecule has 2 bridgehead atoms. The highest BCUT2D eigenvalue weighted by molar-refractivity contribution is 8.00. The lowest BCUT2D eigenvalue weighted by atomic mass is 9.70. The molecule has 0 spiro atoms. The first-order chi connectivity index (χ1) is 8.47. The fourth-order valence-corrected chi connectivity index (χ4v) is 6.41. The van der Waals surface area contributed by atoms with Crippen LogP contribution in [0.4, 0.5) is 0 Å². The third-order valence-corrected chi connectivity index (χ3v) is 7.86. The SMILES string of the molecule is CC1(C)[C@@H]2CC[C@@]1(CS[C@H]1CCC[C@@H]1N)C(=O)C2. The van der Waals surface area contributed by atoms with Crippen LogP contribution in [0.2, 0.25) is 0 Å². The zero-order chi connectivity index (χ0) is 13.0. The third-order valence-electron chi connectivity index (χ3n) is 6.19. The van der Waals surface area contributed by atoms with Gasteiger partial charge in [-0.3, -0.25) is 4.79 Å². The topological polar surface area (TPSA) is 43.1 Å². The molecular formula is C15H25NOS. The number of nitrogens with two attached hydrogens (primary N) is 1. The molecule has 0 unspecified atom stereocenters. The van der Waals surface area contributed by atoms with Gasteiger partial charge in [-0.15, -0.1) is 0 Å². The standard InChI is InChI=1S/C15H25NOS/c1-14(2)10-6-7-15(14,13(17)8-10)9-18-12-5-3-4-11(12)16/h10-12H,3-9,16H2,1-2H3/t10-,11+,12+,15-/m1/s1. The average Bonchev–Trinajstić information content (AvgIpc) is 2.87. The minimum atomic E-state index is -0.0232. The molecule has 0 aromatic carbocycles. The van der Waals surface area contributed by atoms with E-state index in [9.17, 15) is 4.79 Å². The minimum absolute atomic E-state index is 0.0232. The summed E-state index contributed by atoms with van der Waals surface area (Å²) >= 11 is 2.00. The number of carbonyl (C=O) groups excluding carboxylic acids is 1. The average molecular weight is 267 g/mol. The molecule has 0 amide bonds. The van der Waals surface area contributed by atoms with Gasteiger partial charge in [0.25, 0.3) is 0 Å². The Balaban J connectivity index is 1.72. The quantitative estimate of drug-likeness (QED) is 0.855. The lowest BCUT2D eigenvalue weighted by Gasteiger charge is -2.37.